The number of benzene rings is 2. The number of hydrogen-bond donors (Lipinski definition) is 1. The van der Waals surface area contributed by atoms with Crippen molar-refractivity contribution in [1.29, 1.82) is 0 Å². The molecule has 5 rings (SSSR count). The second-order valence-corrected chi connectivity index (χ2v) is 8.05. The fourth-order valence-electron chi connectivity index (χ4n) is 5.22. The zero-order valence-corrected chi connectivity index (χ0v) is 16.8. The molecule has 9 heteroatoms. The lowest BCUT2D eigenvalue weighted by molar-refractivity contribution is -0.885. The molecule has 0 aliphatic carbocycles. The number of esters is 1. The lowest BCUT2D eigenvalue weighted by Gasteiger charge is -2.30. The highest BCUT2D eigenvalue weighted by Crippen LogP contribution is 2.45. The number of imide groups is 1. The van der Waals surface area contributed by atoms with E-state index >= 15 is 0 Å². The number of amides is 2. The van der Waals surface area contributed by atoms with Gasteiger partial charge in [-0.25, -0.2) is 9.69 Å². The number of anilines is 1. The van der Waals surface area contributed by atoms with Crippen molar-refractivity contribution in [3.8, 4) is 0 Å². The van der Waals surface area contributed by atoms with Crippen molar-refractivity contribution in [3.63, 3.8) is 0 Å². The van der Waals surface area contributed by atoms with Gasteiger partial charge in [-0.3, -0.25) is 14.5 Å². The minimum Gasteiger partial charge on any atom is -0.465 e. The zero-order valence-electron chi connectivity index (χ0n) is 16.8. The van der Waals surface area contributed by atoms with Gasteiger partial charge in [0, 0.05) is 5.56 Å². The van der Waals surface area contributed by atoms with E-state index in [1.165, 1.54) is 13.2 Å². The van der Waals surface area contributed by atoms with E-state index < -0.39 is 53.4 Å². The van der Waals surface area contributed by atoms with Gasteiger partial charge in [-0.15, -0.1) is 0 Å². The quantitative estimate of drug-likeness (QED) is 0.570. The number of rotatable bonds is 2. The Morgan fingerprint density at radius 1 is 1.03 bits per heavy atom. The molecule has 2 saturated heterocycles. The average Bonchev–Trinajstić information content (AvgIpc) is 3.25. The van der Waals surface area contributed by atoms with Crippen molar-refractivity contribution in [1.82, 2.24) is 0 Å². The number of carbonyl (C=O) groups is 3. The molecule has 2 fully saturated rings. The molecule has 32 heavy (non-hydrogen) atoms. The lowest BCUT2D eigenvalue weighted by atomic mass is 9.84. The smallest absolute Gasteiger partial charge is 0.416 e. The summed E-state index contributed by atoms with van der Waals surface area (Å²) in [5.41, 5.74) is 0.547. The SMILES string of the molecule is COC(=O)C1C2C(=O)N(c3cccc(C(F)(F)F)c3)C(=O)C2C2c3ccccc3C=C[NH+]12. The van der Waals surface area contributed by atoms with Crippen LogP contribution in [-0.4, -0.2) is 30.9 Å². The standard InChI is InChI=1S/C23H17F3N2O4/c1-32-22(31)19-17-16(18-15-8-3-2-5-12(15)9-10-27(18)19)20(29)28(21(17)30)14-7-4-6-13(11-14)23(24,25)26/h2-11,16-19H,1H3/p+1. The van der Waals surface area contributed by atoms with Crippen molar-refractivity contribution in [2.24, 2.45) is 11.8 Å². The minimum absolute atomic E-state index is 0.158. The van der Waals surface area contributed by atoms with Gasteiger partial charge in [0.2, 0.25) is 17.9 Å². The number of quaternary nitrogens is 1. The second kappa shape index (κ2) is 7.03. The Morgan fingerprint density at radius 3 is 2.47 bits per heavy atom. The summed E-state index contributed by atoms with van der Waals surface area (Å²) in [6.07, 6.45) is -1.04. The maximum absolute atomic E-state index is 13.5. The summed E-state index contributed by atoms with van der Waals surface area (Å²) < 4.78 is 44.6. The van der Waals surface area contributed by atoms with Crippen molar-refractivity contribution in [2.45, 2.75) is 18.3 Å². The molecule has 2 aromatic carbocycles. The van der Waals surface area contributed by atoms with E-state index in [1.54, 1.807) is 6.20 Å². The molecule has 6 nitrogen and oxygen atoms in total. The van der Waals surface area contributed by atoms with Crippen molar-refractivity contribution in [2.75, 3.05) is 12.0 Å². The molecule has 3 aliphatic heterocycles. The third kappa shape index (κ3) is 2.81. The van der Waals surface area contributed by atoms with Gasteiger partial charge in [0.25, 0.3) is 0 Å². The van der Waals surface area contributed by atoms with Crippen molar-refractivity contribution < 1.29 is 37.2 Å². The summed E-state index contributed by atoms with van der Waals surface area (Å²) in [6.45, 7) is 0. The number of fused-ring (bicyclic) bond motifs is 5. The molecule has 0 spiro atoms. The van der Waals surface area contributed by atoms with Crippen molar-refractivity contribution >= 4 is 29.5 Å². The second-order valence-electron chi connectivity index (χ2n) is 8.05. The molecule has 3 heterocycles. The highest BCUT2D eigenvalue weighted by molar-refractivity contribution is 6.23. The van der Waals surface area contributed by atoms with E-state index in [0.29, 0.717) is 4.90 Å². The number of carbonyl (C=O) groups excluding carboxylic acids is 3. The van der Waals surface area contributed by atoms with Crippen LogP contribution in [-0.2, 0) is 25.3 Å². The number of halogens is 3. The number of alkyl halides is 3. The van der Waals surface area contributed by atoms with E-state index in [9.17, 15) is 27.6 Å². The van der Waals surface area contributed by atoms with Gasteiger partial charge in [-0.2, -0.15) is 13.2 Å². The monoisotopic (exact) mass is 443 g/mol. The van der Waals surface area contributed by atoms with Gasteiger partial charge in [0.15, 0.2) is 0 Å². The zero-order chi connectivity index (χ0) is 22.8. The van der Waals surface area contributed by atoms with Crippen LogP contribution < -0.4 is 9.80 Å². The maximum atomic E-state index is 13.5. The van der Waals surface area contributed by atoms with Gasteiger partial charge < -0.3 is 4.74 Å². The van der Waals surface area contributed by atoms with E-state index in [1.807, 2.05) is 30.3 Å². The van der Waals surface area contributed by atoms with Gasteiger partial charge in [0.1, 0.15) is 17.9 Å². The van der Waals surface area contributed by atoms with E-state index in [4.69, 9.17) is 4.74 Å². The van der Waals surface area contributed by atoms with Crippen LogP contribution in [0.2, 0.25) is 0 Å². The molecule has 0 aromatic heterocycles. The maximum Gasteiger partial charge on any atom is 0.416 e. The normalized spacial score (nSPS) is 28.4. The van der Waals surface area contributed by atoms with Crippen LogP contribution in [0.15, 0.2) is 54.7 Å². The number of nitrogens with zero attached hydrogens (tertiary/aromatic N) is 1. The highest BCUT2D eigenvalue weighted by Gasteiger charge is 2.68. The van der Waals surface area contributed by atoms with Gasteiger partial charge >= 0.3 is 12.1 Å². The Balaban J connectivity index is 1.63. The fourth-order valence-corrected chi connectivity index (χ4v) is 5.22. The molecule has 0 bridgehead atoms. The summed E-state index contributed by atoms with van der Waals surface area (Å²) >= 11 is 0. The first-order valence-electron chi connectivity index (χ1n) is 10.0. The number of hydrogen-bond acceptors (Lipinski definition) is 4. The Kier molecular flexibility index (Phi) is 4.49. The Bertz CT molecular complexity index is 1180. The first-order valence-corrected chi connectivity index (χ1v) is 10.0. The van der Waals surface area contributed by atoms with Crippen LogP contribution in [0.25, 0.3) is 6.08 Å². The molecule has 164 valence electrons. The Morgan fingerprint density at radius 2 is 1.75 bits per heavy atom. The predicted molar refractivity (Wildman–Crippen MR) is 106 cm³/mol. The molecule has 0 radical (unpaired) electrons. The molecule has 2 amide bonds. The molecular formula is C23H18F3N2O4+. The summed E-state index contributed by atoms with van der Waals surface area (Å²) in [5.74, 6) is -3.89. The topological polar surface area (TPSA) is 68.1 Å². The van der Waals surface area contributed by atoms with Crippen LogP contribution in [0, 0.1) is 11.8 Å². The summed E-state index contributed by atoms with van der Waals surface area (Å²) in [5, 5.41) is 0. The summed E-state index contributed by atoms with van der Waals surface area (Å²) in [4.78, 5) is 41.0. The first-order chi connectivity index (χ1) is 15.2. The molecule has 0 saturated carbocycles. The Hall–Kier alpha value is -3.46. The molecule has 2 aromatic rings. The lowest BCUT2D eigenvalue weighted by Crippen LogP contribution is -3.12. The van der Waals surface area contributed by atoms with Gasteiger partial charge in [-0.1, -0.05) is 30.3 Å². The average molecular weight is 443 g/mol. The van der Waals surface area contributed by atoms with Crippen LogP contribution in [0.3, 0.4) is 0 Å². The van der Waals surface area contributed by atoms with Crippen LogP contribution in [0.5, 0.6) is 0 Å². The third-order valence-corrected chi connectivity index (χ3v) is 6.51. The highest BCUT2D eigenvalue weighted by atomic mass is 19.4. The largest absolute Gasteiger partial charge is 0.465 e. The van der Waals surface area contributed by atoms with E-state index in [0.717, 1.165) is 34.2 Å². The first kappa shape index (κ1) is 20.4. The van der Waals surface area contributed by atoms with Crippen LogP contribution >= 0.6 is 0 Å². The predicted octanol–water partition coefficient (Wildman–Crippen LogP) is 1.98. The fraction of sp³-hybridized carbons (Fsp3) is 0.261. The summed E-state index contributed by atoms with van der Waals surface area (Å²) in [6, 6.07) is 9.95. The van der Waals surface area contributed by atoms with Crippen LogP contribution in [0.4, 0.5) is 18.9 Å². The van der Waals surface area contributed by atoms with E-state index in [2.05, 4.69) is 0 Å². The van der Waals surface area contributed by atoms with Crippen LogP contribution in [0.1, 0.15) is 22.7 Å². The third-order valence-electron chi connectivity index (χ3n) is 6.51. The minimum atomic E-state index is -4.62. The van der Waals surface area contributed by atoms with Crippen molar-refractivity contribution in [3.05, 3.63) is 71.4 Å². The van der Waals surface area contributed by atoms with Gasteiger partial charge in [0.05, 0.1) is 24.6 Å². The molecule has 5 atom stereocenters. The molecule has 1 N–H and O–H groups in total. The molecule has 3 aliphatic rings. The number of methoxy groups -OCH3 is 1. The molecular weight excluding hydrogens is 425 g/mol. The number of nitrogens with one attached hydrogen (secondary N) is 1. The van der Waals surface area contributed by atoms with E-state index in [-0.39, 0.29) is 5.69 Å². The Labute approximate surface area is 180 Å². The van der Waals surface area contributed by atoms with Gasteiger partial charge in [-0.05, 0) is 29.8 Å². The molecule has 5 unspecified atom stereocenters. The number of ether oxygens (including phenoxy) is 1. The summed E-state index contributed by atoms with van der Waals surface area (Å²) in [7, 11) is 1.21.